The van der Waals surface area contributed by atoms with Gasteiger partial charge in [-0.15, -0.1) is 0 Å². The number of pyridine rings is 1. The molecule has 3 heterocycles. The van der Waals surface area contributed by atoms with Gasteiger partial charge < -0.3 is 5.32 Å². The predicted molar refractivity (Wildman–Crippen MR) is 85.0 cm³/mol. The second-order valence-electron chi connectivity index (χ2n) is 5.48. The van der Waals surface area contributed by atoms with Gasteiger partial charge in [-0.25, -0.2) is 18.1 Å². The Hall–Kier alpha value is -2.48. The van der Waals surface area contributed by atoms with E-state index in [2.05, 4.69) is 15.4 Å². The molecule has 2 aromatic rings. The van der Waals surface area contributed by atoms with E-state index >= 15 is 0 Å². The highest BCUT2D eigenvalue weighted by molar-refractivity contribution is 7.94. The molecule has 1 unspecified atom stereocenters. The fourth-order valence-electron chi connectivity index (χ4n) is 2.42. The molecule has 0 aromatic carbocycles. The predicted octanol–water partition coefficient (Wildman–Crippen LogP) is 0.925. The Morgan fingerprint density at radius 1 is 1.35 bits per heavy atom. The molecule has 23 heavy (non-hydrogen) atoms. The average Bonchev–Trinajstić information content (AvgIpc) is 3.00. The third-order valence-corrected chi connectivity index (χ3v) is 4.88. The van der Waals surface area contributed by atoms with E-state index in [9.17, 15) is 13.2 Å². The first-order valence-electron chi connectivity index (χ1n) is 7.05. The van der Waals surface area contributed by atoms with Crippen LogP contribution in [-0.4, -0.2) is 40.9 Å². The summed E-state index contributed by atoms with van der Waals surface area (Å²) in [4.78, 5) is 16.4. The number of nitrogens with zero attached hydrogens (tertiary/aromatic N) is 3. The number of hydrogen-bond donors (Lipinski definition) is 1. The highest BCUT2D eigenvalue weighted by Crippen LogP contribution is 2.12. The van der Waals surface area contributed by atoms with E-state index in [1.54, 1.807) is 16.8 Å². The van der Waals surface area contributed by atoms with Crippen LogP contribution in [0.25, 0.3) is 5.82 Å². The van der Waals surface area contributed by atoms with E-state index in [1.165, 1.54) is 12.3 Å². The topological polar surface area (TPSA) is 94.0 Å². The zero-order valence-corrected chi connectivity index (χ0v) is 13.5. The van der Waals surface area contributed by atoms with Gasteiger partial charge in [-0.1, -0.05) is 0 Å². The van der Waals surface area contributed by atoms with Crippen LogP contribution in [0.2, 0.25) is 0 Å². The van der Waals surface area contributed by atoms with E-state index in [0.717, 1.165) is 16.8 Å². The Morgan fingerprint density at radius 2 is 2.13 bits per heavy atom. The van der Waals surface area contributed by atoms with Crippen LogP contribution >= 0.6 is 0 Å². The van der Waals surface area contributed by atoms with Crippen LogP contribution < -0.4 is 5.32 Å². The molecule has 1 amide bonds. The first-order valence-corrected chi connectivity index (χ1v) is 8.77. The second kappa shape index (κ2) is 5.62. The molecule has 7 nitrogen and oxygen atoms in total. The summed E-state index contributed by atoms with van der Waals surface area (Å²) < 4.78 is 24.4. The fraction of sp³-hybridized carbons (Fsp3) is 0.267. The molecule has 0 spiro atoms. The average molecular weight is 332 g/mol. The maximum absolute atomic E-state index is 12.1. The number of aromatic nitrogens is 3. The summed E-state index contributed by atoms with van der Waals surface area (Å²) in [5.41, 5.74) is 2.21. The molecule has 0 bridgehead atoms. The Labute approximate surface area is 134 Å². The van der Waals surface area contributed by atoms with Crippen molar-refractivity contribution in [2.75, 3.05) is 5.75 Å². The van der Waals surface area contributed by atoms with Gasteiger partial charge in [0.2, 0.25) is 0 Å². The summed E-state index contributed by atoms with van der Waals surface area (Å²) >= 11 is 0. The van der Waals surface area contributed by atoms with Gasteiger partial charge >= 0.3 is 0 Å². The van der Waals surface area contributed by atoms with Crippen LogP contribution in [0.15, 0.2) is 35.9 Å². The van der Waals surface area contributed by atoms with Crippen LogP contribution in [0.5, 0.6) is 0 Å². The van der Waals surface area contributed by atoms with Gasteiger partial charge in [0, 0.05) is 17.3 Å². The summed E-state index contributed by atoms with van der Waals surface area (Å²) in [6.07, 6.45) is 2.93. The van der Waals surface area contributed by atoms with Crippen molar-refractivity contribution in [3.8, 4) is 5.82 Å². The van der Waals surface area contributed by atoms with Crippen LogP contribution in [0.3, 0.4) is 0 Å². The summed E-state index contributed by atoms with van der Waals surface area (Å²) in [5.74, 6) is 0.162. The molecular formula is C15H16N4O3S. The normalized spacial score (nSPS) is 19.0. The summed E-state index contributed by atoms with van der Waals surface area (Å²) in [5, 5.41) is 8.12. The van der Waals surface area contributed by atoms with E-state index < -0.39 is 15.9 Å². The lowest BCUT2D eigenvalue weighted by Gasteiger charge is -2.10. The molecule has 1 aliphatic rings. The van der Waals surface area contributed by atoms with Gasteiger partial charge in [0.25, 0.3) is 5.91 Å². The lowest BCUT2D eigenvalue weighted by molar-refractivity contribution is 0.0947. The van der Waals surface area contributed by atoms with Crippen molar-refractivity contribution >= 4 is 15.7 Å². The van der Waals surface area contributed by atoms with Gasteiger partial charge in [-0.2, -0.15) is 5.10 Å². The van der Waals surface area contributed by atoms with Crippen LogP contribution in [0.1, 0.15) is 21.7 Å². The smallest absolute Gasteiger partial charge is 0.253 e. The Balaban J connectivity index is 1.73. The molecule has 1 aliphatic heterocycles. The van der Waals surface area contributed by atoms with Crippen molar-refractivity contribution < 1.29 is 13.2 Å². The maximum atomic E-state index is 12.1. The number of rotatable bonds is 3. The highest BCUT2D eigenvalue weighted by atomic mass is 32.2. The Kier molecular flexibility index (Phi) is 3.77. The monoisotopic (exact) mass is 332 g/mol. The van der Waals surface area contributed by atoms with E-state index in [0.29, 0.717) is 11.4 Å². The minimum Gasteiger partial charge on any atom is -0.345 e. The molecule has 0 saturated heterocycles. The molecule has 120 valence electrons. The third kappa shape index (κ3) is 3.31. The molecule has 1 N–H and O–H groups in total. The standard InChI is InChI=1S/C15H16N4O3S/c1-10-7-11(2)19(18-10)14-4-3-12(8-16-14)15(20)17-13-5-6-23(21,22)9-13/h3-8,13H,9H2,1-2H3,(H,17,20). The van der Waals surface area contributed by atoms with Gasteiger partial charge in [0.15, 0.2) is 15.7 Å². The van der Waals surface area contributed by atoms with Gasteiger partial charge in [-0.05, 0) is 38.1 Å². The molecule has 0 fully saturated rings. The number of amides is 1. The first-order chi connectivity index (χ1) is 10.8. The van der Waals surface area contributed by atoms with Crippen molar-refractivity contribution in [3.63, 3.8) is 0 Å². The molecule has 3 rings (SSSR count). The van der Waals surface area contributed by atoms with Crippen LogP contribution in [-0.2, 0) is 9.84 Å². The van der Waals surface area contributed by atoms with Gasteiger partial charge in [-0.3, -0.25) is 4.79 Å². The van der Waals surface area contributed by atoms with Gasteiger partial charge in [0.1, 0.15) is 0 Å². The Bertz CT molecular complexity index is 882. The molecular weight excluding hydrogens is 316 g/mol. The first kappa shape index (κ1) is 15.4. The van der Waals surface area contributed by atoms with E-state index in [1.807, 2.05) is 19.9 Å². The van der Waals surface area contributed by atoms with Crippen LogP contribution in [0, 0.1) is 13.8 Å². The molecule has 0 aliphatic carbocycles. The van der Waals surface area contributed by atoms with Gasteiger partial charge in [0.05, 0.1) is 23.1 Å². The molecule has 0 saturated carbocycles. The lowest BCUT2D eigenvalue weighted by atomic mass is 10.2. The largest absolute Gasteiger partial charge is 0.345 e. The maximum Gasteiger partial charge on any atom is 0.253 e. The molecule has 1 atom stereocenters. The molecule has 2 aromatic heterocycles. The van der Waals surface area contributed by atoms with Crippen LogP contribution in [0.4, 0.5) is 0 Å². The quantitative estimate of drug-likeness (QED) is 0.902. The summed E-state index contributed by atoms with van der Waals surface area (Å²) in [6, 6.07) is 4.79. The number of sulfone groups is 1. The number of carbonyl (C=O) groups is 1. The SMILES string of the molecule is Cc1cc(C)n(-c2ccc(C(=O)NC3C=CS(=O)(=O)C3)cn2)n1. The fourth-order valence-corrected chi connectivity index (χ4v) is 3.66. The van der Waals surface area contributed by atoms with Crippen molar-refractivity contribution in [1.82, 2.24) is 20.1 Å². The summed E-state index contributed by atoms with van der Waals surface area (Å²) in [6.45, 7) is 3.82. The number of carbonyl (C=O) groups excluding carboxylic acids is 1. The zero-order chi connectivity index (χ0) is 16.6. The molecule has 8 heteroatoms. The van der Waals surface area contributed by atoms with Crippen molar-refractivity contribution in [2.45, 2.75) is 19.9 Å². The van der Waals surface area contributed by atoms with E-state index in [4.69, 9.17) is 0 Å². The number of hydrogen-bond acceptors (Lipinski definition) is 5. The zero-order valence-electron chi connectivity index (χ0n) is 12.7. The minimum absolute atomic E-state index is 0.101. The Morgan fingerprint density at radius 3 is 2.65 bits per heavy atom. The second-order valence-corrected chi connectivity index (χ2v) is 7.41. The van der Waals surface area contributed by atoms with Crippen molar-refractivity contribution in [3.05, 3.63) is 52.8 Å². The van der Waals surface area contributed by atoms with Crippen molar-refractivity contribution in [1.29, 1.82) is 0 Å². The number of nitrogens with one attached hydrogen (secondary N) is 1. The van der Waals surface area contributed by atoms with Crippen molar-refractivity contribution in [2.24, 2.45) is 0 Å². The highest BCUT2D eigenvalue weighted by Gasteiger charge is 2.23. The van der Waals surface area contributed by atoms with E-state index in [-0.39, 0.29) is 11.7 Å². The third-order valence-electron chi connectivity index (χ3n) is 3.48. The summed E-state index contributed by atoms with van der Waals surface area (Å²) in [7, 11) is -3.19. The minimum atomic E-state index is -3.19. The number of aryl methyl sites for hydroxylation is 2. The molecule has 0 radical (unpaired) electrons. The lowest BCUT2D eigenvalue weighted by Crippen LogP contribution is -2.35.